The van der Waals surface area contributed by atoms with Crippen molar-refractivity contribution in [3.63, 3.8) is 0 Å². The smallest absolute Gasteiger partial charge is 0.137 e. The van der Waals surface area contributed by atoms with Gasteiger partial charge in [-0.05, 0) is 49.8 Å². The molecule has 106 valence electrons. The number of halogens is 1. The number of hydrogen-bond donors (Lipinski definition) is 0. The van der Waals surface area contributed by atoms with Gasteiger partial charge in [0.25, 0.3) is 0 Å². The highest BCUT2D eigenvalue weighted by molar-refractivity contribution is 6.32. The van der Waals surface area contributed by atoms with Crippen LogP contribution in [0.1, 0.15) is 57.9 Å². The normalized spacial score (nSPS) is 10.8. The zero-order valence-electron chi connectivity index (χ0n) is 12.0. The number of ketones is 1. The molecular formula is C16H23ClO2. The SMILES string of the molecule is CC(=O)CCCCCOc1ccc(C(C)C)cc1Cl. The van der Waals surface area contributed by atoms with Crippen LogP contribution in [0.15, 0.2) is 18.2 Å². The van der Waals surface area contributed by atoms with Crippen LogP contribution in [-0.4, -0.2) is 12.4 Å². The van der Waals surface area contributed by atoms with Gasteiger partial charge in [0.15, 0.2) is 0 Å². The average molecular weight is 283 g/mol. The Kier molecular flexibility index (Phi) is 6.93. The summed E-state index contributed by atoms with van der Waals surface area (Å²) in [5.74, 6) is 1.48. The lowest BCUT2D eigenvalue weighted by Gasteiger charge is -2.11. The number of Topliss-reactive ketones (excluding diaryl/α,β-unsaturated/α-hetero) is 1. The van der Waals surface area contributed by atoms with E-state index in [1.54, 1.807) is 6.92 Å². The van der Waals surface area contributed by atoms with Crippen LogP contribution in [0.2, 0.25) is 5.02 Å². The van der Waals surface area contributed by atoms with Gasteiger partial charge in [-0.3, -0.25) is 0 Å². The molecule has 0 N–H and O–H groups in total. The van der Waals surface area contributed by atoms with Crippen LogP contribution in [0, 0.1) is 0 Å². The van der Waals surface area contributed by atoms with E-state index >= 15 is 0 Å². The van der Waals surface area contributed by atoms with E-state index in [0.29, 0.717) is 24.0 Å². The second kappa shape index (κ2) is 8.21. The second-order valence-corrected chi connectivity index (χ2v) is 5.61. The molecule has 2 nitrogen and oxygen atoms in total. The molecule has 0 fully saturated rings. The van der Waals surface area contributed by atoms with Crippen molar-refractivity contribution in [3.8, 4) is 5.75 Å². The first-order valence-electron chi connectivity index (χ1n) is 6.92. The lowest BCUT2D eigenvalue weighted by Crippen LogP contribution is -1.99. The van der Waals surface area contributed by atoms with Crippen molar-refractivity contribution >= 4 is 17.4 Å². The van der Waals surface area contributed by atoms with Gasteiger partial charge in [0.1, 0.15) is 11.5 Å². The first kappa shape index (κ1) is 16.0. The predicted molar refractivity (Wildman–Crippen MR) is 80.2 cm³/mol. The molecule has 0 aromatic heterocycles. The summed E-state index contributed by atoms with van der Waals surface area (Å²) in [6.45, 7) is 6.56. The summed E-state index contributed by atoms with van der Waals surface area (Å²) in [5.41, 5.74) is 1.22. The molecule has 0 aliphatic carbocycles. The van der Waals surface area contributed by atoms with Gasteiger partial charge in [0.2, 0.25) is 0 Å². The monoisotopic (exact) mass is 282 g/mol. The van der Waals surface area contributed by atoms with Crippen molar-refractivity contribution in [1.29, 1.82) is 0 Å². The molecule has 0 atom stereocenters. The fourth-order valence-corrected chi connectivity index (χ4v) is 2.07. The Morgan fingerprint density at radius 1 is 1.26 bits per heavy atom. The number of unbranched alkanes of at least 4 members (excludes halogenated alkanes) is 2. The van der Waals surface area contributed by atoms with Gasteiger partial charge in [-0.1, -0.05) is 31.5 Å². The molecule has 1 aromatic rings. The summed E-state index contributed by atoms with van der Waals surface area (Å²) in [7, 11) is 0. The van der Waals surface area contributed by atoms with Crippen LogP contribution in [0.3, 0.4) is 0 Å². The molecule has 0 bridgehead atoms. The lowest BCUT2D eigenvalue weighted by molar-refractivity contribution is -0.117. The minimum atomic E-state index is 0.258. The molecule has 3 heteroatoms. The van der Waals surface area contributed by atoms with Crippen LogP contribution in [0.5, 0.6) is 5.75 Å². The van der Waals surface area contributed by atoms with E-state index in [2.05, 4.69) is 19.9 Å². The maximum Gasteiger partial charge on any atom is 0.137 e. The second-order valence-electron chi connectivity index (χ2n) is 5.21. The van der Waals surface area contributed by atoms with E-state index in [4.69, 9.17) is 16.3 Å². The Morgan fingerprint density at radius 2 is 2.00 bits per heavy atom. The number of benzene rings is 1. The van der Waals surface area contributed by atoms with Gasteiger partial charge in [-0.15, -0.1) is 0 Å². The predicted octanol–water partition coefficient (Wildman–Crippen LogP) is 4.99. The zero-order chi connectivity index (χ0) is 14.3. The summed E-state index contributed by atoms with van der Waals surface area (Å²) < 4.78 is 5.66. The van der Waals surface area contributed by atoms with Gasteiger partial charge in [0, 0.05) is 6.42 Å². The third-order valence-corrected chi connectivity index (χ3v) is 3.35. The van der Waals surface area contributed by atoms with Crippen LogP contribution in [0.25, 0.3) is 0 Å². The van der Waals surface area contributed by atoms with Gasteiger partial charge in [0.05, 0.1) is 11.6 Å². The molecule has 0 radical (unpaired) electrons. The molecule has 0 saturated heterocycles. The standard InChI is InChI=1S/C16H23ClO2/c1-12(2)14-8-9-16(15(17)11-14)19-10-6-4-5-7-13(3)18/h8-9,11-12H,4-7,10H2,1-3H3. The molecular weight excluding hydrogens is 260 g/mol. The molecule has 0 amide bonds. The summed E-state index contributed by atoms with van der Waals surface area (Å²) in [5, 5.41) is 0.676. The number of carbonyl (C=O) groups is 1. The van der Waals surface area contributed by atoms with Crippen LogP contribution in [-0.2, 0) is 4.79 Å². The molecule has 0 saturated carbocycles. The van der Waals surface area contributed by atoms with Gasteiger partial charge >= 0.3 is 0 Å². The summed E-state index contributed by atoms with van der Waals surface area (Å²) in [6.07, 6.45) is 3.58. The highest BCUT2D eigenvalue weighted by Gasteiger charge is 2.05. The Balaban J connectivity index is 2.31. The van der Waals surface area contributed by atoms with Crippen molar-refractivity contribution in [3.05, 3.63) is 28.8 Å². The number of hydrogen-bond acceptors (Lipinski definition) is 2. The number of rotatable bonds is 8. The topological polar surface area (TPSA) is 26.3 Å². The van der Waals surface area contributed by atoms with E-state index in [-0.39, 0.29) is 5.78 Å². The molecule has 1 rings (SSSR count). The maximum absolute atomic E-state index is 10.8. The minimum Gasteiger partial charge on any atom is -0.492 e. The van der Waals surface area contributed by atoms with Gasteiger partial charge in [-0.25, -0.2) is 0 Å². The minimum absolute atomic E-state index is 0.258. The van der Waals surface area contributed by atoms with E-state index < -0.39 is 0 Å². The third kappa shape index (κ3) is 6.11. The molecule has 19 heavy (non-hydrogen) atoms. The molecule has 0 spiro atoms. The third-order valence-electron chi connectivity index (χ3n) is 3.05. The van der Waals surface area contributed by atoms with Gasteiger partial charge in [-0.2, -0.15) is 0 Å². The molecule has 0 aliphatic heterocycles. The molecule has 0 unspecified atom stereocenters. The zero-order valence-corrected chi connectivity index (χ0v) is 12.8. The van der Waals surface area contributed by atoms with Crippen LogP contribution < -0.4 is 4.74 Å². The van der Waals surface area contributed by atoms with E-state index in [1.165, 1.54) is 5.56 Å². The largest absolute Gasteiger partial charge is 0.492 e. The van der Waals surface area contributed by atoms with Crippen LogP contribution in [0.4, 0.5) is 0 Å². The highest BCUT2D eigenvalue weighted by atomic mass is 35.5. The van der Waals surface area contributed by atoms with Crippen molar-refractivity contribution < 1.29 is 9.53 Å². The van der Waals surface area contributed by atoms with Crippen molar-refractivity contribution in [1.82, 2.24) is 0 Å². The molecule has 0 aliphatic rings. The Hall–Kier alpha value is -1.02. The Bertz CT molecular complexity index is 413. The van der Waals surface area contributed by atoms with Crippen molar-refractivity contribution in [2.75, 3.05) is 6.61 Å². The highest BCUT2D eigenvalue weighted by Crippen LogP contribution is 2.28. The van der Waals surface area contributed by atoms with E-state index in [1.807, 2.05) is 12.1 Å². The van der Waals surface area contributed by atoms with E-state index in [0.717, 1.165) is 25.0 Å². The summed E-state index contributed by atoms with van der Waals surface area (Å²) in [4.78, 5) is 10.8. The number of ether oxygens (including phenoxy) is 1. The lowest BCUT2D eigenvalue weighted by atomic mass is 10.0. The van der Waals surface area contributed by atoms with Crippen molar-refractivity contribution in [2.45, 2.75) is 52.4 Å². The summed E-state index contributed by atoms with van der Waals surface area (Å²) >= 11 is 6.19. The molecule has 0 heterocycles. The van der Waals surface area contributed by atoms with Crippen molar-refractivity contribution in [2.24, 2.45) is 0 Å². The maximum atomic E-state index is 10.8. The number of carbonyl (C=O) groups excluding carboxylic acids is 1. The fraction of sp³-hybridized carbons (Fsp3) is 0.562. The van der Waals surface area contributed by atoms with Gasteiger partial charge < -0.3 is 9.53 Å². The first-order valence-corrected chi connectivity index (χ1v) is 7.30. The fourth-order valence-electron chi connectivity index (χ4n) is 1.83. The van der Waals surface area contributed by atoms with Crippen LogP contribution >= 0.6 is 11.6 Å². The molecule has 1 aromatic carbocycles. The average Bonchev–Trinajstić information content (AvgIpc) is 2.34. The van der Waals surface area contributed by atoms with E-state index in [9.17, 15) is 4.79 Å². The Labute approximate surface area is 121 Å². The quantitative estimate of drug-likeness (QED) is 0.628. The summed E-state index contributed by atoms with van der Waals surface area (Å²) in [6, 6.07) is 5.96. The Morgan fingerprint density at radius 3 is 2.58 bits per heavy atom. The first-order chi connectivity index (χ1) is 9.00.